The predicted octanol–water partition coefficient (Wildman–Crippen LogP) is -0.578. The lowest BCUT2D eigenvalue weighted by Gasteiger charge is -2.31. The molecular formula is C9H14O6. The maximum absolute atomic E-state index is 11.1. The molecule has 6 nitrogen and oxygen atoms in total. The summed E-state index contributed by atoms with van der Waals surface area (Å²) in [5.41, 5.74) is 0. The third-order valence-electron chi connectivity index (χ3n) is 2.06. The summed E-state index contributed by atoms with van der Waals surface area (Å²) in [4.78, 5) is 11.1. The average molecular weight is 218 g/mol. The molecule has 0 bridgehead atoms. The molecule has 0 radical (unpaired) electrons. The number of aliphatic hydroxyl groups is 1. The highest BCUT2D eigenvalue weighted by Gasteiger charge is 2.36. The Bertz CT molecular complexity index is 261. The number of ether oxygens (including phenoxy) is 4. The minimum absolute atomic E-state index is 0.0786. The molecule has 0 saturated heterocycles. The fourth-order valence-corrected chi connectivity index (χ4v) is 1.29. The van der Waals surface area contributed by atoms with E-state index < -0.39 is 24.5 Å². The molecule has 15 heavy (non-hydrogen) atoms. The number of carbonyl (C=O) groups is 1. The number of aliphatic hydroxyl groups excluding tert-OH is 1. The molecule has 6 heteroatoms. The van der Waals surface area contributed by atoms with Crippen molar-refractivity contribution in [1.29, 1.82) is 0 Å². The Morgan fingerprint density at radius 2 is 2.07 bits per heavy atom. The molecule has 1 N–H and O–H groups in total. The predicted molar refractivity (Wildman–Crippen MR) is 48.8 cm³/mol. The Labute approximate surface area is 87.4 Å². The molecule has 0 fully saturated rings. The molecule has 0 aromatic carbocycles. The molecule has 0 spiro atoms. The number of methoxy groups -OCH3 is 3. The van der Waals surface area contributed by atoms with Crippen LogP contribution in [0.1, 0.15) is 0 Å². The van der Waals surface area contributed by atoms with Gasteiger partial charge in [-0.05, 0) is 6.08 Å². The third-order valence-corrected chi connectivity index (χ3v) is 2.06. The van der Waals surface area contributed by atoms with E-state index in [1.165, 1.54) is 27.4 Å². The van der Waals surface area contributed by atoms with Gasteiger partial charge in [0.15, 0.2) is 0 Å². The van der Waals surface area contributed by atoms with Gasteiger partial charge < -0.3 is 24.1 Å². The summed E-state index contributed by atoms with van der Waals surface area (Å²) < 4.78 is 19.5. The van der Waals surface area contributed by atoms with E-state index in [1.54, 1.807) is 0 Å². The average Bonchev–Trinajstić information content (AvgIpc) is 2.26. The molecule has 86 valence electrons. The van der Waals surface area contributed by atoms with Gasteiger partial charge >= 0.3 is 5.97 Å². The van der Waals surface area contributed by atoms with Crippen molar-refractivity contribution >= 4 is 5.97 Å². The number of hydrogen-bond donors (Lipinski definition) is 1. The van der Waals surface area contributed by atoms with Gasteiger partial charge in [-0.1, -0.05) is 0 Å². The number of hydrogen-bond acceptors (Lipinski definition) is 6. The minimum Gasteiger partial charge on any atom is -0.463 e. The van der Waals surface area contributed by atoms with Crippen molar-refractivity contribution in [2.75, 3.05) is 21.3 Å². The van der Waals surface area contributed by atoms with Crippen LogP contribution in [0.5, 0.6) is 0 Å². The molecule has 0 aliphatic carbocycles. The number of rotatable bonds is 3. The number of carbonyl (C=O) groups excluding carboxylic acids is 1. The van der Waals surface area contributed by atoms with E-state index in [9.17, 15) is 9.90 Å². The highest BCUT2D eigenvalue weighted by Crippen LogP contribution is 2.21. The van der Waals surface area contributed by atoms with E-state index in [0.29, 0.717) is 0 Å². The highest BCUT2D eigenvalue weighted by atomic mass is 16.7. The van der Waals surface area contributed by atoms with Crippen LogP contribution in [0.4, 0.5) is 0 Å². The van der Waals surface area contributed by atoms with Crippen molar-refractivity contribution in [2.45, 2.75) is 18.5 Å². The van der Waals surface area contributed by atoms with Crippen LogP contribution in [0.2, 0.25) is 0 Å². The van der Waals surface area contributed by atoms with Gasteiger partial charge in [-0.25, -0.2) is 4.79 Å². The molecule has 1 heterocycles. The van der Waals surface area contributed by atoms with Crippen molar-refractivity contribution < 1.29 is 28.8 Å². The van der Waals surface area contributed by atoms with Gasteiger partial charge in [-0.2, -0.15) is 0 Å². The quantitative estimate of drug-likeness (QED) is 0.639. The van der Waals surface area contributed by atoms with E-state index in [4.69, 9.17) is 14.2 Å². The largest absolute Gasteiger partial charge is 0.463 e. The van der Waals surface area contributed by atoms with E-state index in [-0.39, 0.29) is 5.76 Å². The van der Waals surface area contributed by atoms with Crippen LogP contribution in [-0.4, -0.2) is 50.9 Å². The van der Waals surface area contributed by atoms with Gasteiger partial charge in [0.2, 0.25) is 12.0 Å². The molecule has 0 aromatic heterocycles. The summed E-state index contributed by atoms with van der Waals surface area (Å²) in [5, 5.41) is 9.62. The normalized spacial score (nSPS) is 30.4. The van der Waals surface area contributed by atoms with E-state index >= 15 is 0 Å². The third kappa shape index (κ3) is 2.47. The van der Waals surface area contributed by atoms with E-state index in [1.807, 2.05) is 0 Å². The Morgan fingerprint density at radius 3 is 2.53 bits per heavy atom. The minimum atomic E-state index is -0.970. The smallest absolute Gasteiger partial charge is 0.373 e. The summed E-state index contributed by atoms with van der Waals surface area (Å²) in [7, 11) is 4.03. The standard InChI is InChI=1S/C9H14O6/c1-12-7-5(10)4-6(8(11)13-2)15-9(7)14-3/h4-5,7,9-10H,1-3H3. The zero-order valence-corrected chi connectivity index (χ0v) is 8.80. The van der Waals surface area contributed by atoms with Gasteiger partial charge in [0.05, 0.1) is 7.11 Å². The lowest BCUT2D eigenvalue weighted by Crippen LogP contribution is -2.45. The summed E-state index contributed by atoms with van der Waals surface area (Å²) in [5.74, 6) is -0.740. The van der Waals surface area contributed by atoms with Gasteiger partial charge in [0.1, 0.15) is 12.2 Å². The maximum atomic E-state index is 11.1. The summed E-state index contributed by atoms with van der Waals surface area (Å²) in [6.45, 7) is 0. The van der Waals surface area contributed by atoms with Crippen molar-refractivity contribution in [1.82, 2.24) is 0 Å². The van der Waals surface area contributed by atoms with Gasteiger partial charge in [0, 0.05) is 14.2 Å². The van der Waals surface area contributed by atoms with Crippen molar-refractivity contribution in [3.05, 3.63) is 11.8 Å². The lowest BCUT2D eigenvalue weighted by atomic mass is 10.1. The Balaban J connectivity index is 2.83. The molecular weight excluding hydrogens is 204 g/mol. The molecule has 1 aliphatic rings. The summed E-state index contributed by atoms with van der Waals surface area (Å²) >= 11 is 0. The topological polar surface area (TPSA) is 74.2 Å². The van der Waals surface area contributed by atoms with Crippen LogP contribution in [0, 0.1) is 0 Å². The Hall–Kier alpha value is -1.11. The number of esters is 1. The van der Waals surface area contributed by atoms with E-state index in [0.717, 1.165) is 0 Å². The molecule has 0 aromatic rings. The molecule has 3 atom stereocenters. The zero-order chi connectivity index (χ0) is 11.4. The van der Waals surface area contributed by atoms with Crippen molar-refractivity contribution in [3.63, 3.8) is 0 Å². The fourth-order valence-electron chi connectivity index (χ4n) is 1.29. The SMILES string of the molecule is COC(=O)C1=CC(O)C(OC)C(OC)O1. The maximum Gasteiger partial charge on any atom is 0.373 e. The monoisotopic (exact) mass is 218 g/mol. The van der Waals surface area contributed by atoms with Crippen molar-refractivity contribution in [2.24, 2.45) is 0 Å². The first-order chi connectivity index (χ1) is 7.13. The molecule has 1 aliphatic heterocycles. The van der Waals surface area contributed by atoms with Gasteiger partial charge in [-0.3, -0.25) is 0 Å². The van der Waals surface area contributed by atoms with E-state index in [2.05, 4.69) is 4.74 Å². The van der Waals surface area contributed by atoms with Crippen LogP contribution in [-0.2, 0) is 23.7 Å². The van der Waals surface area contributed by atoms with Crippen LogP contribution < -0.4 is 0 Å². The van der Waals surface area contributed by atoms with Crippen LogP contribution >= 0.6 is 0 Å². The second kappa shape index (κ2) is 5.11. The molecule has 1 rings (SSSR count). The zero-order valence-electron chi connectivity index (χ0n) is 8.80. The first-order valence-electron chi connectivity index (χ1n) is 4.34. The molecule has 0 saturated carbocycles. The van der Waals surface area contributed by atoms with Crippen molar-refractivity contribution in [3.8, 4) is 0 Å². The Morgan fingerprint density at radius 1 is 1.40 bits per heavy atom. The first kappa shape index (κ1) is 12.0. The first-order valence-corrected chi connectivity index (χ1v) is 4.34. The molecule has 3 unspecified atom stereocenters. The van der Waals surface area contributed by atoms with Gasteiger partial charge in [-0.15, -0.1) is 0 Å². The summed E-state index contributed by atoms with van der Waals surface area (Å²) in [6, 6.07) is 0. The summed E-state index contributed by atoms with van der Waals surface area (Å²) in [6.07, 6.45) is -1.23. The fraction of sp³-hybridized carbons (Fsp3) is 0.667. The van der Waals surface area contributed by atoms with Gasteiger partial charge in [0.25, 0.3) is 0 Å². The highest BCUT2D eigenvalue weighted by molar-refractivity contribution is 5.86. The van der Waals surface area contributed by atoms with Crippen LogP contribution in [0.15, 0.2) is 11.8 Å². The lowest BCUT2D eigenvalue weighted by molar-refractivity contribution is -0.204. The second-order valence-corrected chi connectivity index (χ2v) is 2.94. The van der Waals surface area contributed by atoms with Crippen LogP contribution in [0.25, 0.3) is 0 Å². The molecule has 0 amide bonds. The Kier molecular flexibility index (Phi) is 4.07. The second-order valence-electron chi connectivity index (χ2n) is 2.94. The van der Waals surface area contributed by atoms with Crippen LogP contribution in [0.3, 0.4) is 0 Å².